The van der Waals surface area contributed by atoms with Gasteiger partial charge >= 0.3 is 0 Å². The molecule has 6 heteroatoms. The van der Waals surface area contributed by atoms with Crippen molar-refractivity contribution < 1.29 is 9.47 Å². The first-order chi connectivity index (χ1) is 9.80. The highest BCUT2D eigenvalue weighted by atomic mass is 16.6. The zero-order chi connectivity index (χ0) is 14.0. The lowest BCUT2D eigenvalue weighted by Crippen LogP contribution is -2.68. The van der Waals surface area contributed by atoms with E-state index in [0.29, 0.717) is 26.3 Å². The van der Waals surface area contributed by atoms with Gasteiger partial charge in [0, 0.05) is 32.7 Å². The molecular weight excluding hydrogens is 256 g/mol. The molecule has 110 valence electrons. The summed E-state index contributed by atoms with van der Waals surface area (Å²) < 4.78 is 11.5. The van der Waals surface area contributed by atoms with Crippen LogP contribution in [0.2, 0.25) is 0 Å². The van der Waals surface area contributed by atoms with Crippen LogP contribution in [0, 0.1) is 0 Å². The van der Waals surface area contributed by atoms with E-state index in [0.717, 1.165) is 36.8 Å². The minimum Gasteiger partial charge on any atom is -0.486 e. The molecule has 0 spiro atoms. The third-order valence-corrected chi connectivity index (χ3v) is 4.13. The number of benzene rings is 1. The number of nitrogens with one attached hydrogen (secondary N) is 1. The largest absolute Gasteiger partial charge is 0.486 e. The highest BCUT2D eigenvalue weighted by Gasteiger charge is 2.38. The van der Waals surface area contributed by atoms with Gasteiger partial charge in [-0.3, -0.25) is 0 Å². The van der Waals surface area contributed by atoms with Crippen molar-refractivity contribution in [3.63, 3.8) is 0 Å². The van der Waals surface area contributed by atoms with Gasteiger partial charge < -0.3 is 31.2 Å². The summed E-state index contributed by atoms with van der Waals surface area (Å²) in [6.45, 7) is 4.72. The monoisotopic (exact) mass is 278 g/mol. The number of anilines is 1. The quantitative estimate of drug-likeness (QED) is 0.693. The molecular formula is C14H22N4O2. The number of piperazine rings is 1. The van der Waals surface area contributed by atoms with E-state index in [1.165, 1.54) is 0 Å². The Morgan fingerprint density at radius 1 is 1.20 bits per heavy atom. The Bertz CT molecular complexity index is 476. The van der Waals surface area contributed by atoms with Crippen molar-refractivity contribution in [3.05, 3.63) is 18.2 Å². The molecule has 1 aromatic carbocycles. The topological polar surface area (TPSA) is 85.8 Å². The number of hydrogen-bond donors (Lipinski definition) is 3. The summed E-state index contributed by atoms with van der Waals surface area (Å²) in [6.07, 6.45) is 0. The first kappa shape index (κ1) is 13.5. The van der Waals surface area contributed by atoms with Crippen LogP contribution in [0.25, 0.3) is 0 Å². The Kier molecular flexibility index (Phi) is 3.69. The minimum absolute atomic E-state index is 0.270. The van der Waals surface area contributed by atoms with E-state index in [1.807, 2.05) is 12.1 Å². The molecule has 6 nitrogen and oxygen atoms in total. The third kappa shape index (κ3) is 2.09. The molecule has 3 rings (SSSR count). The zero-order valence-electron chi connectivity index (χ0n) is 11.6. The van der Waals surface area contributed by atoms with E-state index < -0.39 is 0 Å². The Hall–Kier alpha value is -1.50. The van der Waals surface area contributed by atoms with Gasteiger partial charge in [0.15, 0.2) is 11.5 Å². The van der Waals surface area contributed by atoms with Gasteiger partial charge in [0.25, 0.3) is 0 Å². The van der Waals surface area contributed by atoms with Gasteiger partial charge in [0.05, 0.1) is 11.2 Å². The van der Waals surface area contributed by atoms with Crippen molar-refractivity contribution in [1.82, 2.24) is 5.32 Å². The second-order valence-electron chi connectivity index (χ2n) is 5.26. The molecule has 5 N–H and O–H groups in total. The lowest BCUT2D eigenvalue weighted by atomic mass is 9.93. The Labute approximate surface area is 119 Å². The summed E-state index contributed by atoms with van der Waals surface area (Å²) in [5, 5.41) is 3.38. The van der Waals surface area contributed by atoms with Gasteiger partial charge in [-0.1, -0.05) is 6.07 Å². The second kappa shape index (κ2) is 5.47. The molecule has 0 unspecified atom stereocenters. The van der Waals surface area contributed by atoms with Crippen LogP contribution in [0.5, 0.6) is 11.5 Å². The highest BCUT2D eigenvalue weighted by Crippen LogP contribution is 2.41. The molecule has 0 bridgehead atoms. The molecule has 0 radical (unpaired) electrons. The molecule has 1 fully saturated rings. The van der Waals surface area contributed by atoms with Crippen LogP contribution in [0.15, 0.2) is 18.2 Å². The van der Waals surface area contributed by atoms with E-state index in [9.17, 15) is 0 Å². The maximum absolute atomic E-state index is 6.02. The van der Waals surface area contributed by atoms with Gasteiger partial charge in [-0.05, 0) is 12.1 Å². The van der Waals surface area contributed by atoms with Crippen LogP contribution < -0.4 is 31.2 Å². The fourth-order valence-corrected chi connectivity index (χ4v) is 2.94. The predicted molar refractivity (Wildman–Crippen MR) is 78.5 cm³/mol. The van der Waals surface area contributed by atoms with Crippen molar-refractivity contribution in [3.8, 4) is 11.5 Å². The summed E-state index contributed by atoms with van der Waals surface area (Å²) in [5.74, 6) is 1.61. The van der Waals surface area contributed by atoms with Crippen LogP contribution >= 0.6 is 0 Å². The van der Waals surface area contributed by atoms with Crippen LogP contribution in [-0.4, -0.2) is 51.5 Å². The summed E-state index contributed by atoms with van der Waals surface area (Å²) in [5.41, 5.74) is 12.8. The number of nitrogens with zero attached hydrogens (tertiary/aromatic N) is 1. The first-order valence-corrected chi connectivity index (χ1v) is 7.08. The zero-order valence-corrected chi connectivity index (χ0v) is 11.6. The standard InChI is InChI=1S/C14H22N4O2/c15-8-14(9-16)10-17-4-5-18(14)11-2-1-3-12-13(11)20-7-6-19-12/h1-3,17H,4-10,15-16H2. The number of rotatable bonds is 3. The SMILES string of the molecule is NCC1(CN)CNCCN1c1cccc2c1OCCO2. The predicted octanol–water partition coefficient (Wildman–Crippen LogP) is -0.476. The van der Waals surface area contributed by atoms with Gasteiger partial charge in [-0.2, -0.15) is 0 Å². The Morgan fingerprint density at radius 3 is 2.80 bits per heavy atom. The summed E-state index contributed by atoms with van der Waals surface area (Å²) in [6, 6.07) is 5.98. The van der Waals surface area contributed by atoms with Gasteiger partial charge in [0.2, 0.25) is 0 Å². The van der Waals surface area contributed by atoms with E-state index in [4.69, 9.17) is 20.9 Å². The number of ether oxygens (including phenoxy) is 2. The van der Waals surface area contributed by atoms with E-state index in [2.05, 4.69) is 16.3 Å². The number of hydrogen-bond acceptors (Lipinski definition) is 6. The summed E-state index contributed by atoms with van der Waals surface area (Å²) in [4.78, 5) is 2.27. The normalized spacial score (nSPS) is 20.8. The Morgan fingerprint density at radius 2 is 2.00 bits per heavy atom. The van der Waals surface area contributed by atoms with E-state index in [1.54, 1.807) is 0 Å². The molecule has 0 atom stereocenters. The van der Waals surface area contributed by atoms with Gasteiger partial charge in [0.1, 0.15) is 13.2 Å². The lowest BCUT2D eigenvalue weighted by Gasteiger charge is -2.48. The first-order valence-electron chi connectivity index (χ1n) is 7.08. The molecule has 0 saturated carbocycles. The highest BCUT2D eigenvalue weighted by molar-refractivity contribution is 5.67. The summed E-state index contributed by atoms with van der Waals surface area (Å²) in [7, 11) is 0. The number of nitrogens with two attached hydrogens (primary N) is 2. The molecule has 2 heterocycles. The van der Waals surface area contributed by atoms with Crippen molar-refractivity contribution in [2.24, 2.45) is 11.5 Å². The van der Waals surface area contributed by atoms with Crippen molar-refractivity contribution in [2.45, 2.75) is 5.54 Å². The van der Waals surface area contributed by atoms with Crippen LogP contribution in [0.1, 0.15) is 0 Å². The molecule has 2 aliphatic heterocycles. The smallest absolute Gasteiger partial charge is 0.184 e. The molecule has 0 aliphatic carbocycles. The third-order valence-electron chi connectivity index (χ3n) is 4.13. The van der Waals surface area contributed by atoms with E-state index >= 15 is 0 Å². The molecule has 20 heavy (non-hydrogen) atoms. The molecule has 0 amide bonds. The molecule has 0 aromatic heterocycles. The number of para-hydroxylation sites is 1. The van der Waals surface area contributed by atoms with Crippen LogP contribution in [-0.2, 0) is 0 Å². The van der Waals surface area contributed by atoms with Crippen LogP contribution in [0.3, 0.4) is 0 Å². The van der Waals surface area contributed by atoms with E-state index in [-0.39, 0.29) is 5.54 Å². The Balaban J connectivity index is 2.02. The molecule has 1 aromatic rings. The second-order valence-corrected chi connectivity index (χ2v) is 5.26. The fourth-order valence-electron chi connectivity index (χ4n) is 2.94. The maximum atomic E-state index is 6.02. The average Bonchev–Trinajstić information content (AvgIpc) is 2.54. The lowest BCUT2D eigenvalue weighted by molar-refractivity contribution is 0.171. The minimum atomic E-state index is -0.270. The molecule has 1 saturated heterocycles. The average molecular weight is 278 g/mol. The van der Waals surface area contributed by atoms with Crippen molar-refractivity contribution in [1.29, 1.82) is 0 Å². The van der Waals surface area contributed by atoms with Gasteiger partial charge in [-0.15, -0.1) is 0 Å². The fraction of sp³-hybridized carbons (Fsp3) is 0.571. The molecule has 2 aliphatic rings. The van der Waals surface area contributed by atoms with Crippen molar-refractivity contribution >= 4 is 5.69 Å². The number of fused-ring (bicyclic) bond motifs is 1. The summed E-state index contributed by atoms with van der Waals surface area (Å²) >= 11 is 0. The maximum Gasteiger partial charge on any atom is 0.184 e. The van der Waals surface area contributed by atoms with Crippen molar-refractivity contribution in [2.75, 3.05) is 50.8 Å². The van der Waals surface area contributed by atoms with Crippen LogP contribution in [0.4, 0.5) is 5.69 Å². The van der Waals surface area contributed by atoms with Gasteiger partial charge in [-0.25, -0.2) is 0 Å².